The van der Waals surface area contributed by atoms with E-state index in [1.807, 2.05) is 4.90 Å². The highest BCUT2D eigenvalue weighted by Crippen LogP contribution is 2.28. The molecule has 1 amide bonds. The Morgan fingerprint density at radius 3 is 2.64 bits per heavy atom. The van der Waals surface area contributed by atoms with Gasteiger partial charge in [0.05, 0.1) is 13.2 Å². The van der Waals surface area contributed by atoms with Crippen molar-refractivity contribution in [1.82, 2.24) is 19.9 Å². The number of rotatable bonds is 4. The number of carbonyl (C=O) groups excluding carboxylic acids is 1. The van der Waals surface area contributed by atoms with Crippen molar-refractivity contribution in [2.45, 2.75) is 50.2 Å². The van der Waals surface area contributed by atoms with Gasteiger partial charge in [-0.3, -0.25) is 9.69 Å². The summed E-state index contributed by atoms with van der Waals surface area (Å²) in [5.41, 5.74) is 0. The molecule has 3 aliphatic rings. The number of hydrogen-bond acceptors (Lipinski definition) is 7. The van der Waals surface area contributed by atoms with E-state index in [1.54, 1.807) is 0 Å². The fraction of sp³-hybridized carbons (Fsp3) is 0.833. The number of amides is 1. The van der Waals surface area contributed by atoms with Gasteiger partial charge in [0.15, 0.2) is 5.82 Å². The van der Waals surface area contributed by atoms with Crippen LogP contribution >= 0.6 is 0 Å². The second-order valence-electron chi connectivity index (χ2n) is 7.71. The Morgan fingerprint density at radius 1 is 1.14 bits per heavy atom. The van der Waals surface area contributed by atoms with E-state index in [2.05, 4.69) is 10.1 Å². The summed E-state index contributed by atoms with van der Waals surface area (Å²) < 4.78 is 43.0. The van der Waals surface area contributed by atoms with Crippen molar-refractivity contribution in [3.8, 4) is 0 Å². The molecule has 3 saturated heterocycles. The highest BCUT2D eigenvalue weighted by molar-refractivity contribution is 5.81. The number of nitrogens with zero attached hydrogens (tertiary/aromatic N) is 4. The van der Waals surface area contributed by atoms with Crippen LogP contribution in [-0.2, 0) is 20.8 Å². The average molecular weight is 400 g/mol. The van der Waals surface area contributed by atoms with Crippen LogP contribution in [0.1, 0.15) is 43.3 Å². The number of morpholine rings is 1. The van der Waals surface area contributed by atoms with Crippen LogP contribution in [-0.4, -0.2) is 83.9 Å². The Bertz CT molecular complexity index is 670. The fourth-order valence-electron chi connectivity index (χ4n) is 3.90. The monoisotopic (exact) mass is 400 g/mol. The number of piperidine rings is 1. The lowest BCUT2D eigenvalue weighted by atomic mass is 10.0. The van der Waals surface area contributed by atoms with Crippen LogP contribution in [0.4, 0.5) is 8.78 Å². The summed E-state index contributed by atoms with van der Waals surface area (Å²) in [7, 11) is 0. The van der Waals surface area contributed by atoms with E-state index >= 15 is 0 Å². The van der Waals surface area contributed by atoms with E-state index in [9.17, 15) is 13.6 Å². The molecule has 1 aromatic rings. The summed E-state index contributed by atoms with van der Waals surface area (Å²) in [4.78, 5) is 20.7. The zero-order chi connectivity index (χ0) is 19.6. The third kappa shape index (κ3) is 4.66. The second kappa shape index (κ2) is 8.38. The summed E-state index contributed by atoms with van der Waals surface area (Å²) in [5.74, 6) is -1.40. The van der Waals surface area contributed by atoms with Crippen LogP contribution < -0.4 is 0 Å². The standard InChI is InChI=1S/C18H26F2N4O4/c19-18(20)3-5-24(6-4-18)17(25)14-11-23(7-10-27-14)12-15-21-16(28-22-15)13-1-8-26-9-2-13/h13-14H,1-12H2. The smallest absolute Gasteiger partial charge is 0.253 e. The minimum absolute atomic E-state index is 0.0744. The molecule has 4 heterocycles. The van der Waals surface area contributed by atoms with Crippen LogP contribution in [0.3, 0.4) is 0 Å². The van der Waals surface area contributed by atoms with Crippen LogP contribution in [0, 0.1) is 0 Å². The third-order valence-electron chi connectivity index (χ3n) is 5.65. The lowest BCUT2D eigenvalue weighted by molar-refractivity contribution is -0.155. The molecule has 0 N–H and O–H groups in total. The topological polar surface area (TPSA) is 80.9 Å². The van der Waals surface area contributed by atoms with Crippen LogP contribution in [0.2, 0.25) is 0 Å². The summed E-state index contributed by atoms with van der Waals surface area (Å²) in [6.07, 6.45) is 0.553. The Labute approximate surface area is 162 Å². The number of halogens is 2. The van der Waals surface area contributed by atoms with E-state index in [1.165, 1.54) is 4.90 Å². The van der Waals surface area contributed by atoms with Gasteiger partial charge in [-0.05, 0) is 12.8 Å². The number of ether oxygens (including phenoxy) is 2. The molecule has 0 saturated carbocycles. The maximum Gasteiger partial charge on any atom is 0.253 e. The minimum Gasteiger partial charge on any atom is -0.381 e. The van der Waals surface area contributed by atoms with Gasteiger partial charge >= 0.3 is 0 Å². The Hall–Kier alpha value is -1.65. The highest BCUT2D eigenvalue weighted by Gasteiger charge is 2.38. The van der Waals surface area contributed by atoms with Crippen molar-refractivity contribution in [1.29, 1.82) is 0 Å². The number of likely N-dealkylation sites (tertiary alicyclic amines) is 1. The quantitative estimate of drug-likeness (QED) is 0.756. The third-order valence-corrected chi connectivity index (χ3v) is 5.65. The molecule has 1 unspecified atom stereocenters. The molecule has 156 valence electrons. The Kier molecular flexibility index (Phi) is 5.88. The van der Waals surface area contributed by atoms with Crippen molar-refractivity contribution in [2.75, 3.05) is 46.0 Å². The lowest BCUT2D eigenvalue weighted by Crippen LogP contribution is -2.53. The van der Waals surface area contributed by atoms with E-state index in [0.717, 1.165) is 12.8 Å². The Balaban J connectivity index is 1.30. The number of hydrogen-bond donors (Lipinski definition) is 0. The van der Waals surface area contributed by atoms with Gasteiger partial charge in [0.25, 0.3) is 11.8 Å². The maximum atomic E-state index is 13.3. The molecule has 0 spiro atoms. The average Bonchev–Trinajstić information content (AvgIpc) is 3.17. The van der Waals surface area contributed by atoms with Crippen molar-refractivity contribution in [3.63, 3.8) is 0 Å². The highest BCUT2D eigenvalue weighted by atomic mass is 19.3. The molecule has 0 radical (unpaired) electrons. The van der Waals surface area contributed by atoms with E-state index in [0.29, 0.717) is 51.2 Å². The first-order valence-electron chi connectivity index (χ1n) is 9.91. The van der Waals surface area contributed by atoms with Gasteiger partial charge in [0.2, 0.25) is 5.89 Å². The summed E-state index contributed by atoms with van der Waals surface area (Å²) in [6, 6.07) is 0. The summed E-state index contributed by atoms with van der Waals surface area (Å²) in [6.45, 7) is 3.49. The largest absolute Gasteiger partial charge is 0.381 e. The molecule has 10 heteroatoms. The molecule has 3 aliphatic heterocycles. The van der Waals surface area contributed by atoms with Gasteiger partial charge in [0, 0.05) is 58.2 Å². The molecule has 0 aliphatic carbocycles. The minimum atomic E-state index is -2.67. The molecule has 28 heavy (non-hydrogen) atoms. The first-order valence-corrected chi connectivity index (χ1v) is 9.91. The molecule has 3 fully saturated rings. The molecule has 8 nitrogen and oxygen atoms in total. The van der Waals surface area contributed by atoms with Crippen molar-refractivity contribution in [2.24, 2.45) is 0 Å². The molecular formula is C18H26F2N4O4. The first-order chi connectivity index (χ1) is 13.5. The molecule has 4 rings (SSSR count). The zero-order valence-corrected chi connectivity index (χ0v) is 15.8. The maximum absolute atomic E-state index is 13.3. The first kappa shape index (κ1) is 19.7. The summed E-state index contributed by atoms with van der Waals surface area (Å²) in [5, 5.41) is 4.07. The lowest BCUT2D eigenvalue weighted by Gasteiger charge is -2.37. The molecule has 1 aromatic heterocycles. The van der Waals surface area contributed by atoms with Gasteiger partial charge < -0.3 is 18.9 Å². The van der Waals surface area contributed by atoms with Crippen molar-refractivity contribution < 1.29 is 27.6 Å². The SMILES string of the molecule is O=C(C1CN(Cc2noc(C3CCOCC3)n2)CCO1)N1CCC(F)(F)CC1. The van der Waals surface area contributed by atoms with E-state index < -0.39 is 12.0 Å². The summed E-state index contributed by atoms with van der Waals surface area (Å²) >= 11 is 0. The van der Waals surface area contributed by atoms with Gasteiger partial charge in [-0.1, -0.05) is 5.16 Å². The fourth-order valence-corrected chi connectivity index (χ4v) is 3.90. The number of aromatic nitrogens is 2. The van der Waals surface area contributed by atoms with Crippen LogP contribution in [0.15, 0.2) is 4.52 Å². The van der Waals surface area contributed by atoms with Crippen molar-refractivity contribution in [3.05, 3.63) is 11.7 Å². The van der Waals surface area contributed by atoms with E-state index in [-0.39, 0.29) is 37.8 Å². The van der Waals surface area contributed by atoms with Crippen LogP contribution in [0.5, 0.6) is 0 Å². The zero-order valence-electron chi connectivity index (χ0n) is 15.8. The van der Waals surface area contributed by atoms with Gasteiger partial charge in [-0.25, -0.2) is 8.78 Å². The molecular weight excluding hydrogens is 374 g/mol. The van der Waals surface area contributed by atoms with Crippen molar-refractivity contribution >= 4 is 5.91 Å². The predicted molar refractivity (Wildman–Crippen MR) is 92.9 cm³/mol. The van der Waals surface area contributed by atoms with Gasteiger partial charge in [-0.15, -0.1) is 0 Å². The Morgan fingerprint density at radius 2 is 1.89 bits per heavy atom. The molecule has 0 aromatic carbocycles. The van der Waals surface area contributed by atoms with Crippen LogP contribution in [0.25, 0.3) is 0 Å². The molecule has 0 bridgehead atoms. The predicted octanol–water partition coefficient (Wildman–Crippen LogP) is 1.42. The van der Waals surface area contributed by atoms with E-state index in [4.69, 9.17) is 14.0 Å². The number of carbonyl (C=O) groups is 1. The second-order valence-corrected chi connectivity index (χ2v) is 7.71. The number of alkyl halides is 2. The molecule has 1 atom stereocenters. The van der Waals surface area contributed by atoms with Gasteiger partial charge in [-0.2, -0.15) is 4.98 Å². The normalized spacial score (nSPS) is 27.1. The van der Waals surface area contributed by atoms with Gasteiger partial charge in [0.1, 0.15) is 6.10 Å².